The zero-order chi connectivity index (χ0) is 8.91. The van der Waals surface area contributed by atoms with Gasteiger partial charge in [-0.15, -0.1) is 0 Å². The van der Waals surface area contributed by atoms with Crippen molar-refractivity contribution >= 4 is 5.78 Å². The van der Waals surface area contributed by atoms with Crippen LogP contribution in [0.2, 0.25) is 0 Å². The highest BCUT2D eigenvalue weighted by Gasteiger charge is 2.07. The standard InChI is InChI=1S/C5H8O.C5H12/c6-5-3-1-2-4-5;1-5(2,3)4/h1-4H2;1-4H3. The molecule has 0 amide bonds. The van der Waals surface area contributed by atoms with Crippen molar-refractivity contribution in [2.24, 2.45) is 5.41 Å². The van der Waals surface area contributed by atoms with E-state index < -0.39 is 0 Å². The first-order valence-corrected chi connectivity index (χ1v) is 4.41. The van der Waals surface area contributed by atoms with Crippen LogP contribution < -0.4 is 0 Å². The predicted octanol–water partition coefficient (Wildman–Crippen LogP) is 3.18. The fraction of sp³-hybridized carbons (Fsp3) is 0.900. The summed E-state index contributed by atoms with van der Waals surface area (Å²) in [6.45, 7) is 8.75. The number of hydrogen-bond donors (Lipinski definition) is 0. The van der Waals surface area contributed by atoms with Gasteiger partial charge in [-0.25, -0.2) is 0 Å². The van der Waals surface area contributed by atoms with Crippen LogP contribution in [0.25, 0.3) is 0 Å². The molecule has 66 valence electrons. The first kappa shape index (κ1) is 10.7. The maximum absolute atomic E-state index is 10.2. The fourth-order valence-electron chi connectivity index (χ4n) is 0.769. The van der Waals surface area contributed by atoms with Crippen molar-refractivity contribution in [3.63, 3.8) is 0 Å². The van der Waals surface area contributed by atoms with Gasteiger partial charge in [-0.3, -0.25) is 4.79 Å². The third-order valence-electron chi connectivity index (χ3n) is 1.16. The Morgan fingerprint density at radius 3 is 1.36 bits per heavy atom. The van der Waals surface area contributed by atoms with E-state index in [4.69, 9.17) is 0 Å². The van der Waals surface area contributed by atoms with Gasteiger partial charge in [0.25, 0.3) is 0 Å². The van der Waals surface area contributed by atoms with Gasteiger partial charge in [0.1, 0.15) is 5.78 Å². The van der Waals surface area contributed by atoms with E-state index in [2.05, 4.69) is 27.7 Å². The molecule has 0 unspecified atom stereocenters. The van der Waals surface area contributed by atoms with Crippen LogP contribution >= 0.6 is 0 Å². The van der Waals surface area contributed by atoms with E-state index in [1.54, 1.807) is 0 Å². The van der Waals surface area contributed by atoms with Crippen molar-refractivity contribution in [3.8, 4) is 0 Å². The van der Waals surface area contributed by atoms with E-state index in [1.807, 2.05) is 0 Å². The quantitative estimate of drug-likeness (QED) is 0.526. The maximum Gasteiger partial charge on any atom is 0.132 e. The minimum absolute atomic E-state index is 0.454. The Labute approximate surface area is 70.2 Å². The Hall–Kier alpha value is -0.330. The number of hydrogen-bond acceptors (Lipinski definition) is 1. The lowest BCUT2D eigenvalue weighted by Gasteiger charge is -2.05. The zero-order valence-corrected chi connectivity index (χ0v) is 8.24. The van der Waals surface area contributed by atoms with Gasteiger partial charge < -0.3 is 0 Å². The van der Waals surface area contributed by atoms with Gasteiger partial charge in [0.15, 0.2) is 0 Å². The number of rotatable bonds is 0. The summed E-state index contributed by atoms with van der Waals surface area (Å²) in [5.74, 6) is 0.454. The number of ketones is 1. The van der Waals surface area contributed by atoms with Crippen LogP contribution in [0.5, 0.6) is 0 Å². The molecule has 1 aliphatic carbocycles. The maximum atomic E-state index is 10.2. The Bertz CT molecular complexity index is 105. The molecule has 0 aromatic carbocycles. The minimum atomic E-state index is 0.454. The number of carbonyl (C=O) groups is 1. The van der Waals surface area contributed by atoms with Gasteiger partial charge in [-0.1, -0.05) is 27.7 Å². The summed E-state index contributed by atoms with van der Waals surface area (Å²) in [7, 11) is 0. The molecule has 1 fully saturated rings. The van der Waals surface area contributed by atoms with Gasteiger partial charge in [0.2, 0.25) is 0 Å². The van der Waals surface area contributed by atoms with Crippen LogP contribution in [0.15, 0.2) is 0 Å². The van der Waals surface area contributed by atoms with E-state index in [0.29, 0.717) is 11.2 Å². The smallest absolute Gasteiger partial charge is 0.132 e. The molecule has 1 saturated carbocycles. The Morgan fingerprint density at radius 2 is 1.27 bits per heavy atom. The topological polar surface area (TPSA) is 17.1 Å². The molecule has 1 heteroatoms. The van der Waals surface area contributed by atoms with Gasteiger partial charge in [0.05, 0.1) is 0 Å². The lowest BCUT2D eigenvalue weighted by molar-refractivity contribution is -0.117. The summed E-state index contributed by atoms with van der Waals surface area (Å²) in [5, 5.41) is 0. The van der Waals surface area contributed by atoms with E-state index in [-0.39, 0.29) is 0 Å². The summed E-state index contributed by atoms with van der Waals surface area (Å²) in [5.41, 5.74) is 0.500. The van der Waals surface area contributed by atoms with Gasteiger partial charge in [0, 0.05) is 12.8 Å². The molecule has 1 aliphatic rings. The molecule has 0 aromatic heterocycles. The SMILES string of the molecule is CC(C)(C)C.O=C1CCCC1. The molecule has 0 radical (unpaired) electrons. The van der Waals surface area contributed by atoms with Gasteiger partial charge >= 0.3 is 0 Å². The van der Waals surface area contributed by atoms with Crippen LogP contribution in [-0.4, -0.2) is 5.78 Å². The first-order valence-electron chi connectivity index (χ1n) is 4.41. The Kier molecular flexibility index (Phi) is 4.39. The molecule has 0 atom stereocenters. The van der Waals surface area contributed by atoms with Crippen molar-refractivity contribution < 1.29 is 4.79 Å². The molecular formula is C10H20O. The minimum Gasteiger partial charge on any atom is -0.300 e. The van der Waals surface area contributed by atoms with Crippen molar-refractivity contribution in [2.75, 3.05) is 0 Å². The summed E-state index contributed by atoms with van der Waals surface area (Å²) in [4.78, 5) is 10.2. The summed E-state index contributed by atoms with van der Waals surface area (Å²) >= 11 is 0. The van der Waals surface area contributed by atoms with E-state index in [0.717, 1.165) is 25.7 Å². The molecule has 0 spiro atoms. The molecule has 1 nitrogen and oxygen atoms in total. The second kappa shape index (κ2) is 4.53. The average Bonchev–Trinajstić information content (AvgIpc) is 2.12. The molecule has 11 heavy (non-hydrogen) atoms. The third kappa shape index (κ3) is 12.8. The molecular weight excluding hydrogens is 136 g/mol. The Balaban J connectivity index is 0.000000187. The summed E-state index contributed by atoms with van der Waals surface area (Å²) in [6, 6.07) is 0. The molecule has 0 aliphatic heterocycles. The highest BCUT2D eigenvalue weighted by Crippen LogP contribution is 2.11. The van der Waals surface area contributed by atoms with E-state index in [9.17, 15) is 4.79 Å². The van der Waals surface area contributed by atoms with E-state index in [1.165, 1.54) is 0 Å². The molecule has 0 aromatic rings. The van der Waals surface area contributed by atoms with Crippen LogP contribution in [-0.2, 0) is 4.79 Å². The van der Waals surface area contributed by atoms with Gasteiger partial charge in [-0.05, 0) is 18.3 Å². The van der Waals surface area contributed by atoms with Crippen molar-refractivity contribution in [3.05, 3.63) is 0 Å². The highest BCUT2D eigenvalue weighted by molar-refractivity contribution is 5.79. The number of Topliss-reactive ketones (excluding diaryl/α,β-unsaturated/α-hetero) is 1. The van der Waals surface area contributed by atoms with Crippen molar-refractivity contribution in [1.29, 1.82) is 0 Å². The normalized spacial score (nSPS) is 17.6. The van der Waals surface area contributed by atoms with Crippen LogP contribution in [0.3, 0.4) is 0 Å². The lowest BCUT2D eigenvalue weighted by Crippen LogP contribution is -1.93. The van der Waals surface area contributed by atoms with Crippen molar-refractivity contribution in [1.82, 2.24) is 0 Å². The molecule has 1 rings (SSSR count). The largest absolute Gasteiger partial charge is 0.300 e. The first-order chi connectivity index (χ1) is 4.89. The van der Waals surface area contributed by atoms with Crippen LogP contribution in [0.1, 0.15) is 53.4 Å². The molecule has 0 heterocycles. The predicted molar refractivity (Wildman–Crippen MR) is 48.6 cm³/mol. The van der Waals surface area contributed by atoms with Gasteiger partial charge in [-0.2, -0.15) is 0 Å². The average molecular weight is 156 g/mol. The van der Waals surface area contributed by atoms with Crippen LogP contribution in [0, 0.1) is 5.41 Å². The van der Waals surface area contributed by atoms with E-state index >= 15 is 0 Å². The highest BCUT2D eigenvalue weighted by atomic mass is 16.1. The second-order valence-corrected chi connectivity index (χ2v) is 4.75. The molecule has 0 N–H and O–H groups in total. The molecule has 0 saturated heterocycles. The van der Waals surface area contributed by atoms with Crippen LogP contribution in [0.4, 0.5) is 0 Å². The fourth-order valence-corrected chi connectivity index (χ4v) is 0.769. The monoisotopic (exact) mass is 156 g/mol. The summed E-state index contributed by atoms with van der Waals surface area (Å²) < 4.78 is 0. The third-order valence-corrected chi connectivity index (χ3v) is 1.16. The summed E-state index contributed by atoms with van der Waals surface area (Å²) in [6.07, 6.45) is 3.97. The molecule has 0 bridgehead atoms. The second-order valence-electron chi connectivity index (χ2n) is 4.75. The lowest BCUT2D eigenvalue weighted by atomic mass is 10.0. The Morgan fingerprint density at radius 1 is 1.00 bits per heavy atom. The number of carbonyl (C=O) groups excluding carboxylic acids is 1. The zero-order valence-electron chi connectivity index (χ0n) is 8.24. The van der Waals surface area contributed by atoms with Crippen molar-refractivity contribution in [2.45, 2.75) is 53.4 Å².